The Hall–Kier alpha value is -3.65. The van der Waals surface area contributed by atoms with Gasteiger partial charge in [-0.3, -0.25) is 9.59 Å². The number of carboxylic acid groups (broad SMARTS) is 1. The van der Waals surface area contributed by atoms with E-state index in [1.165, 1.54) is 6.92 Å². The van der Waals surface area contributed by atoms with E-state index in [0.717, 1.165) is 11.1 Å². The van der Waals surface area contributed by atoms with Crippen LogP contribution in [0.4, 0.5) is 0 Å². The first-order valence-electron chi connectivity index (χ1n) is 14.0. The highest BCUT2D eigenvalue weighted by atomic mass is 16.5. The fourth-order valence-electron chi connectivity index (χ4n) is 5.46. The zero-order chi connectivity index (χ0) is 31.1. The van der Waals surface area contributed by atoms with Crippen molar-refractivity contribution in [3.8, 4) is 5.75 Å². The Bertz CT molecular complexity index is 1220. The first kappa shape index (κ1) is 33.6. The molecule has 41 heavy (non-hydrogen) atoms. The molecule has 0 unspecified atom stereocenters. The summed E-state index contributed by atoms with van der Waals surface area (Å²) in [7, 11) is 4.87. The van der Waals surface area contributed by atoms with Gasteiger partial charge in [-0.25, -0.2) is 4.79 Å². The second-order valence-corrected chi connectivity index (χ2v) is 11.9. The van der Waals surface area contributed by atoms with Gasteiger partial charge in [0.2, 0.25) is 11.8 Å². The molecule has 224 valence electrons. The van der Waals surface area contributed by atoms with Crippen molar-refractivity contribution < 1.29 is 24.2 Å². The SMILES string of the molecule is CNC(=O)[C@@H](N(C(=O)[C@@H](NC)C(C)(C)c1ccccc1)[C@H](/C=C(\C)C(=O)O)C(C)C)C(C)(C)c1ccc(OC)cc1. The van der Waals surface area contributed by atoms with Crippen molar-refractivity contribution >= 4 is 17.8 Å². The normalized spacial score (nSPS) is 14.7. The predicted octanol–water partition coefficient (Wildman–Crippen LogP) is 4.54. The monoisotopic (exact) mass is 565 g/mol. The molecule has 3 N–H and O–H groups in total. The van der Waals surface area contributed by atoms with E-state index in [1.807, 2.05) is 96.1 Å². The Labute approximate surface area is 245 Å². The maximum atomic E-state index is 14.9. The summed E-state index contributed by atoms with van der Waals surface area (Å²) in [5.74, 6) is -1.26. The third-order valence-corrected chi connectivity index (χ3v) is 8.08. The van der Waals surface area contributed by atoms with E-state index in [4.69, 9.17) is 4.74 Å². The maximum Gasteiger partial charge on any atom is 0.331 e. The van der Waals surface area contributed by atoms with Crippen LogP contribution in [0.5, 0.6) is 5.75 Å². The van der Waals surface area contributed by atoms with Crippen LogP contribution in [-0.4, -0.2) is 67.1 Å². The lowest BCUT2D eigenvalue weighted by atomic mass is 9.73. The van der Waals surface area contributed by atoms with E-state index >= 15 is 0 Å². The van der Waals surface area contributed by atoms with Gasteiger partial charge < -0.3 is 25.4 Å². The van der Waals surface area contributed by atoms with Crippen LogP contribution in [0.3, 0.4) is 0 Å². The number of nitrogens with one attached hydrogen (secondary N) is 2. The molecule has 2 rings (SSSR count). The minimum atomic E-state index is -1.08. The molecule has 0 aliphatic rings. The second kappa shape index (κ2) is 13.8. The van der Waals surface area contributed by atoms with Crippen molar-refractivity contribution in [2.45, 2.75) is 77.4 Å². The van der Waals surface area contributed by atoms with Crippen molar-refractivity contribution in [2.24, 2.45) is 5.92 Å². The molecule has 8 nitrogen and oxygen atoms in total. The smallest absolute Gasteiger partial charge is 0.331 e. The van der Waals surface area contributed by atoms with Crippen LogP contribution in [-0.2, 0) is 25.2 Å². The molecule has 2 aromatic carbocycles. The molecule has 0 spiro atoms. The van der Waals surface area contributed by atoms with Crippen molar-refractivity contribution in [1.29, 1.82) is 0 Å². The lowest BCUT2D eigenvalue weighted by Gasteiger charge is -2.48. The summed E-state index contributed by atoms with van der Waals surface area (Å²) in [5, 5.41) is 15.8. The average molecular weight is 566 g/mol. The number of hydrogen-bond donors (Lipinski definition) is 3. The largest absolute Gasteiger partial charge is 0.497 e. The van der Waals surface area contributed by atoms with Crippen LogP contribution in [0, 0.1) is 5.92 Å². The number of benzene rings is 2. The fourth-order valence-corrected chi connectivity index (χ4v) is 5.46. The Morgan fingerprint density at radius 3 is 1.88 bits per heavy atom. The van der Waals surface area contributed by atoms with E-state index < -0.39 is 34.9 Å². The summed E-state index contributed by atoms with van der Waals surface area (Å²) in [6, 6.07) is 14.8. The molecule has 0 bridgehead atoms. The third kappa shape index (κ3) is 7.36. The summed E-state index contributed by atoms with van der Waals surface area (Å²) >= 11 is 0. The Balaban J connectivity index is 2.89. The minimum Gasteiger partial charge on any atom is -0.497 e. The Kier molecular flexibility index (Phi) is 11.3. The quantitative estimate of drug-likeness (QED) is 0.308. The highest BCUT2D eigenvalue weighted by Crippen LogP contribution is 2.37. The lowest BCUT2D eigenvalue weighted by Crippen LogP contribution is -2.66. The molecule has 3 atom stereocenters. The summed E-state index contributed by atoms with van der Waals surface area (Å²) in [4.78, 5) is 42.4. The first-order valence-corrected chi connectivity index (χ1v) is 14.0. The van der Waals surface area contributed by atoms with E-state index in [0.29, 0.717) is 5.75 Å². The zero-order valence-electron chi connectivity index (χ0n) is 26.1. The van der Waals surface area contributed by atoms with Gasteiger partial charge >= 0.3 is 5.97 Å². The molecule has 0 fully saturated rings. The number of methoxy groups -OCH3 is 1. The molecule has 0 saturated carbocycles. The minimum absolute atomic E-state index is 0.0998. The highest BCUT2D eigenvalue weighted by molar-refractivity contribution is 5.93. The predicted molar refractivity (Wildman–Crippen MR) is 163 cm³/mol. The van der Waals surface area contributed by atoms with Crippen molar-refractivity contribution in [2.75, 3.05) is 21.2 Å². The number of carboxylic acids is 1. The Morgan fingerprint density at radius 2 is 1.44 bits per heavy atom. The number of carbonyl (C=O) groups excluding carboxylic acids is 2. The fraction of sp³-hybridized carbons (Fsp3) is 0.485. The van der Waals surface area contributed by atoms with Gasteiger partial charge in [0.25, 0.3) is 0 Å². The van der Waals surface area contributed by atoms with Crippen LogP contribution in [0.15, 0.2) is 66.2 Å². The molecule has 0 aliphatic carbocycles. The molecule has 2 amide bonds. The van der Waals surface area contributed by atoms with Crippen LogP contribution in [0.1, 0.15) is 59.6 Å². The number of hydrogen-bond acceptors (Lipinski definition) is 5. The second-order valence-electron chi connectivity index (χ2n) is 11.9. The van der Waals surface area contributed by atoms with Gasteiger partial charge in [-0.2, -0.15) is 0 Å². The molecule has 0 aliphatic heterocycles. The number of aliphatic carboxylic acids is 1. The highest BCUT2D eigenvalue weighted by Gasteiger charge is 2.49. The molecule has 8 heteroatoms. The van der Waals surface area contributed by atoms with Gasteiger partial charge in [0, 0.05) is 23.5 Å². The van der Waals surface area contributed by atoms with Crippen LogP contribution < -0.4 is 15.4 Å². The van der Waals surface area contributed by atoms with Gasteiger partial charge in [-0.15, -0.1) is 0 Å². The Morgan fingerprint density at radius 1 is 0.902 bits per heavy atom. The lowest BCUT2D eigenvalue weighted by molar-refractivity contribution is -0.148. The molecule has 0 aromatic heterocycles. The van der Waals surface area contributed by atoms with Gasteiger partial charge in [0.15, 0.2) is 0 Å². The van der Waals surface area contributed by atoms with E-state index in [2.05, 4.69) is 10.6 Å². The maximum absolute atomic E-state index is 14.9. The summed E-state index contributed by atoms with van der Waals surface area (Å²) in [5.41, 5.74) is 0.333. The van der Waals surface area contributed by atoms with E-state index in [1.54, 1.807) is 32.2 Å². The molecular weight excluding hydrogens is 518 g/mol. The van der Waals surface area contributed by atoms with Gasteiger partial charge in [0.1, 0.15) is 11.8 Å². The summed E-state index contributed by atoms with van der Waals surface area (Å²) in [6.45, 7) is 13.2. The van der Waals surface area contributed by atoms with Crippen molar-refractivity contribution in [3.05, 3.63) is 77.4 Å². The number of ether oxygens (including phenoxy) is 1. The van der Waals surface area contributed by atoms with Gasteiger partial charge in [-0.05, 0) is 43.1 Å². The number of amides is 2. The topological polar surface area (TPSA) is 108 Å². The first-order chi connectivity index (χ1) is 19.1. The summed E-state index contributed by atoms with van der Waals surface area (Å²) in [6.07, 6.45) is 1.59. The van der Waals surface area contributed by atoms with Crippen LogP contribution in [0.2, 0.25) is 0 Å². The van der Waals surface area contributed by atoms with Gasteiger partial charge in [-0.1, -0.05) is 90.1 Å². The standard InChI is InChI=1S/C33H47N3O5/c1-21(2)26(20-22(3)31(39)40)36(30(38)27(34-8)32(4,5)23-14-12-11-13-15-23)28(29(37)35-9)33(6,7)24-16-18-25(41-10)19-17-24/h11-21,26-28,34H,1-10H3,(H,35,37)(H,39,40)/b22-20+/t26-,27-,28-/m1/s1. The molecular formula is C33H47N3O5. The molecule has 0 saturated heterocycles. The van der Waals surface area contributed by atoms with Crippen molar-refractivity contribution in [1.82, 2.24) is 15.5 Å². The van der Waals surface area contributed by atoms with Crippen LogP contribution in [0.25, 0.3) is 0 Å². The van der Waals surface area contributed by atoms with E-state index in [9.17, 15) is 19.5 Å². The number of rotatable bonds is 13. The van der Waals surface area contributed by atoms with Crippen molar-refractivity contribution in [3.63, 3.8) is 0 Å². The van der Waals surface area contributed by atoms with Crippen LogP contribution >= 0.6 is 0 Å². The number of carbonyl (C=O) groups is 3. The molecule has 0 heterocycles. The summed E-state index contributed by atoms with van der Waals surface area (Å²) < 4.78 is 5.34. The molecule has 2 aromatic rings. The number of likely N-dealkylation sites (N-methyl/N-ethyl adjacent to an activating group) is 2. The number of nitrogens with zero attached hydrogens (tertiary/aromatic N) is 1. The van der Waals surface area contributed by atoms with E-state index in [-0.39, 0.29) is 23.3 Å². The third-order valence-electron chi connectivity index (χ3n) is 8.08. The van der Waals surface area contributed by atoms with Gasteiger partial charge in [0.05, 0.1) is 19.2 Å². The zero-order valence-corrected chi connectivity index (χ0v) is 26.1. The average Bonchev–Trinajstić information content (AvgIpc) is 2.94. The molecule has 0 radical (unpaired) electrons.